The number of hydrogen-bond donors (Lipinski definition) is 2. The van der Waals surface area contributed by atoms with Crippen LogP contribution in [0.1, 0.15) is 24.6 Å². The van der Waals surface area contributed by atoms with Crippen molar-refractivity contribution in [2.24, 2.45) is 5.92 Å². The molecule has 2 rings (SSSR count). The summed E-state index contributed by atoms with van der Waals surface area (Å²) in [5.74, 6) is 2.27. The zero-order valence-corrected chi connectivity index (χ0v) is 9.83. The number of piperidine rings is 1. The normalized spacial score (nSPS) is 17.8. The quantitative estimate of drug-likeness (QED) is 0.714. The minimum atomic E-state index is 0.716. The van der Waals surface area contributed by atoms with Gasteiger partial charge < -0.3 is 15.2 Å². The van der Waals surface area contributed by atoms with E-state index in [0.717, 1.165) is 44.4 Å². The molecule has 0 atom stereocenters. The zero-order chi connectivity index (χ0) is 11.2. The van der Waals surface area contributed by atoms with Crippen LogP contribution < -0.4 is 10.6 Å². The summed E-state index contributed by atoms with van der Waals surface area (Å²) in [5, 5.41) is 10.6. The third-order valence-electron chi connectivity index (χ3n) is 2.98. The van der Waals surface area contributed by atoms with Crippen LogP contribution in [0.2, 0.25) is 0 Å². The molecule has 0 amide bonds. The van der Waals surface area contributed by atoms with E-state index in [-0.39, 0.29) is 0 Å². The molecule has 1 aromatic heterocycles. The second-order valence-electron chi connectivity index (χ2n) is 4.38. The smallest absolute Gasteiger partial charge is 0.227 e. The Balaban J connectivity index is 1.57. The van der Waals surface area contributed by atoms with Crippen LogP contribution in [0.5, 0.6) is 0 Å². The first-order chi connectivity index (χ1) is 7.84. The Kier molecular flexibility index (Phi) is 4.30. The van der Waals surface area contributed by atoms with Crippen LogP contribution in [0, 0.1) is 12.8 Å². The molecule has 0 spiro atoms. The zero-order valence-electron chi connectivity index (χ0n) is 9.83. The maximum absolute atomic E-state index is 5.05. The van der Waals surface area contributed by atoms with Gasteiger partial charge in [0.2, 0.25) is 5.89 Å². The van der Waals surface area contributed by atoms with Gasteiger partial charge in [0.15, 0.2) is 5.82 Å². The summed E-state index contributed by atoms with van der Waals surface area (Å²) in [7, 11) is 0. The van der Waals surface area contributed by atoms with Gasteiger partial charge in [0.05, 0.1) is 0 Å². The van der Waals surface area contributed by atoms with Gasteiger partial charge in [-0.05, 0) is 45.3 Å². The Hall–Kier alpha value is -0.940. The molecule has 16 heavy (non-hydrogen) atoms. The van der Waals surface area contributed by atoms with Gasteiger partial charge in [0.1, 0.15) is 0 Å². The number of nitrogens with zero attached hydrogens (tertiary/aromatic N) is 2. The summed E-state index contributed by atoms with van der Waals surface area (Å²) in [6.07, 6.45) is 3.39. The largest absolute Gasteiger partial charge is 0.339 e. The van der Waals surface area contributed by atoms with Gasteiger partial charge in [-0.25, -0.2) is 0 Å². The standard InChI is InChI=1S/C11H20N4O/c1-9-14-11(16-15-9)4-7-13-8-10-2-5-12-6-3-10/h10,12-13H,2-8H2,1H3. The second kappa shape index (κ2) is 5.96. The van der Waals surface area contributed by atoms with Gasteiger partial charge in [-0.15, -0.1) is 0 Å². The van der Waals surface area contributed by atoms with Crippen LogP contribution in [0.25, 0.3) is 0 Å². The van der Waals surface area contributed by atoms with E-state index in [1.807, 2.05) is 6.92 Å². The molecule has 1 aliphatic heterocycles. The van der Waals surface area contributed by atoms with Crippen molar-refractivity contribution < 1.29 is 4.52 Å². The topological polar surface area (TPSA) is 63.0 Å². The van der Waals surface area contributed by atoms with Crippen LogP contribution in [-0.2, 0) is 6.42 Å². The summed E-state index contributed by atoms with van der Waals surface area (Å²) in [6.45, 7) is 6.19. The van der Waals surface area contributed by atoms with Crippen molar-refractivity contribution in [2.75, 3.05) is 26.2 Å². The SMILES string of the molecule is Cc1noc(CCNCC2CCNCC2)n1. The van der Waals surface area contributed by atoms with E-state index in [2.05, 4.69) is 20.8 Å². The van der Waals surface area contributed by atoms with E-state index >= 15 is 0 Å². The summed E-state index contributed by atoms with van der Waals surface area (Å²) >= 11 is 0. The molecule has 0 bridgehead atoms. The highest BCUT2D eigenvalue weighted by atomic mass is 16.5. The molecule has 1 aliphatic rings. The molecule has 5 nitrogen and oxygen atoms in total. The highest BCUT2D eigenvalue weighted by Gasteiger charge is 2.12. The van der Waals surface area contributed by atoms with E-state index in [1.165, 1.54) is 12.8 Å². The van der Waals surface area contributed by atoms with E-state index in [0.29, 0.717) is 5.82 Å². The minimum Gasteiger partial charge on any atom is -0.339 e. The van der Waals surface area contributed by atoms with Gasteiger partial charge in [0.25, 0.3) is 0 Å². The summed E-state index contributed by atoms with van der Waals surface area (Å²) in [6, 6.07) is 0. The van der Waals surface area contributed by atoms with Gasteiger partial charge >= 0.3 is 0 Å². The number of aromatic nitrogens is 2. The number of hydrogen-bond acceptors (Lipinski definition) is 5. The molecule has 1 saturated heterocycles. The van der Waals surface area contributed by atoms with E-state index < -0.39 is 0 Å². The second-order valence-corrected chi connectivity index (χ2v) is 4.38. The van der Waals surface area contributed by atoms with Gasteiger partial charge in [-0.3, -0.25) is 0 Å². The average Bonchev–Trinajstić information content (AvgIpc) is 2.72. The fourth-order valence-electron chi connectivity index (χ4n) is 2.03. The maximum Gasteiger partial charge on any atom is 0.227 e. The fraction of sp³-hybridized carbons (Fsp3) is 0.818. The third-order valence-corrected chi connectivity index (χ3v) is 2.98. The van der Waals surface area contributed by atoms with Crippen molar-refractivity contribution in [3.05, 3.63) is 11.7 Å². The van der Waals surface area contributed by atoms with E-state index in [1.54, 1.807) is 0 Å². The third kappa shape index (κ3) is 3.57. The van der Waals surface area contributed by atoms with Gasteiger partial charge in [-0.2, -0.15) is 4.98 Å². The van der Waals surface area contributed by atoms with Gasteiger partial charge in [-0.1, -0.05) is 5.16 Å². The van der Waals surface area contributed by atoms with E-state index in [9.17, 15) is 0 Å². The summed E-state index contributed by atoms with van der Waals surface area (Å²) < 4.78 is 5.05. The Morgan fingerprint density at radius 1 is 1.44 bits per heavy atom. The van der Waals surface area contributed by atoms with Crippen LogP contribution in [0.4, 0.5) is 0 Å². The lowest BCUT2D eigenvalue weighted by Gasteiger charge is -2.22. The highest BCUT2D eigenvalue weighted by molar-refractivity contribution is 4.83. The molecule has 90 valence electrons. The van der Waals surface area contributed by atoms with Crippen molar-refractivity contribution in [3.63, 3.8) is 0 Å². The molecule has 0 saturated carbocycles. The number of aryl methyl sites for hydroxylation is 1. The highest BCUT2D eigenvalue weighted by Crippen LogP contribution is 2.09. The number of nitrogens with one attached hydrogen (secondary N) is 2. The predicted molar refractivity (Wildman–Crippen MR) is 61.2 cm³/mol. The van der Waals surface area contributed by atoms with Crippen molar-refractivity contribution in [1.29, 1.82) is 0 Å². The molecule has 0 aliphatic carbocycles. The van der Waals surface area contributed by atoms with Gasteiger partial charge in [0, 0.05) is 13.0 Å². The first-order valence-electron chi connectivity index (χ1n) is 6.05. The van der Waals surface area contributed by atoms with Crippen LogP contribution in [0.3, 0.4) is 0 Å². The van der Waals surface area contributed by atoms with Crippen molar-refractivity contribution in [2.45, 2.75) is 26.2 Å². The average molecular weight is 224 g/mol. The van der Waals surface area contributed by atoms with Crippen molar-refractivity contribution >= 4 is 0 Å². The molecule has 2 heterocycles. The Morgan fingerprint density at radius 2 is 2.25 bits per heavy atom. The molecule has 0 aromatic carbocycles. The Labute approximate surface area is 96.0 Å². The Bertz CT molecular complexity index is 307. The first kappa shape index (κ1) is 11.5. The summed E-state index contributed by atoms with van der Waals surface area (Å²) in [4.78, 5) is 4.17. The maximum atomic E-state index is 5.05. The molecular formula is C11H20N4O. The molecule has 0 radical (unpaired) electrons. The molecule has 1 fully saturated rings. The molecule has 2 N–H and O–H groups in total. The molecule has 0 unspecified atom stereocenters. The van der Waals surface area contributed by atoms with Crippen molar-refractivity contribution in [3.8, 4) is 0 Å². The first-order valence-corrected chi connectivity index (χ1v) is 6.05. The lowest BCUT2D eigenvalue weighted by molar-refractivity contribution is 0.347. The molecule has 5 heteroatoms. The summed E-state index contributed by atoms with van der Waals surface area (Å²) in [5.41, 5.74) is 0. The monoisotopic (exact) mass is 224 g/mol. The minimum absolute atomic E-state index is 0.716. The predicted octanol–water partition coefficient (Wildman–Crippen LogP) is 0.510. The molecule has 1 aromatic rings. The van der Waals surface area contributed by atoms with Crippen LogP contribution in [-0.4, -0.2) is 36.3 Å². The fourth-order valence-corrected chi connectivity index (χ4v) is 2.03. The van der Waals surface area contributed by atoms with Crippen LogP contribution >= 0.6 is 0 Å². The van der Waals surface area contributed by atoms with E-state index in [4.69, 9.17) is 4.52 Å². The van der Waals surface area contributed by atoms with Crippen LogP contribution in [0.15, 0.2) is 4.52 Å². The number of rotatable bonds is 5. The lowest BCUT2D eigenvalue weighted by atomic mass is 9.98. The Morgan fingerprint density at radius 3 is 2.94 bits per heavy atom. The van der Waals surface area contributed by atoms with Crippen molar-refractivity contribution in [1.82, 2.24) is 20.8 Å². The lowest BCUT2D eigenvalue weighted by Crippen LogP contribution is -2.34. The molecular weight excluding hydrogens is 204 g/mol.